The van der Waals surface area contributed by atoms with E-state index in [1.165, 1.54) is 0 Å². The van der Waals surface area contributed by atoms with E-state index in [0.717, 1.165) is 32.4 Å². The normalized spacial score (nSPS) is 19.8. The van der Waals surface area contributed by atoms with Crippen molar-refractivity contribution in [3.8, 4) is 0 Å². The zero-order chi connectivity index (χ0) is 13.5. The van der Waals surface area contributed by atoms with Crippen molar-refractivity contribution in [3.63, 3.8) is 0 Å². The van der Waals surface area contributed by atoms with Crippen LogP contribution in [-0.4, -0.2) is 61.5 Å². The average Bonchev–Trinajstić information content (AvgIpc) is 2.77. The van der Waals surface area contributed by atoms with Gasteiger partial charge in [-0.25, -0.2) is 0 Å². The van der Waals surface area contributed by atoms with Crippen LogP contribution < -0.4 is 0 Å². The lowest BCUT2D eigenvalue weighted by Crippen LogP contribution is -2.38. The fourth-order valence-electron chi connectivity index (χ4n) is 2.26. The van der Waals surface area contributed by atoms with Crippen LogP contribution in [0.4, 0.5) is 0 Å². The maximum absolute atomic E-state index is 11.7. The average molecular weight is 256 g/mol. The molecule has 0 aromatic rings. The van der Waals surface area contributed by atoms with Crippen LogP contribution >= 0.6 is 0 Å². The van der Waals surface area contributed by atoms with Gasteiger partial charge in [0.05, 0.1) is 6.61 Å². The molecule has 1 unspecified atom stereocenters. The summed E-state index contributed by atoms with van der Waals surface area (Å²) in [4.78, 5) is 26.9. The number of carbonyl (C=O) groups is 2. The van der Waals surface area contributed by atoms with Gasteiger partial charge in [-0.3, -0.25) is 14.5 Å². The predicted octanol–water partition coefficient (Wildman–Crippen LogP) is 0.882. The molecule has 1 saturated heterocycles. The largest absolute Gasteiger partial charge is 0.465 e. The molecule has 0 radical (unpaired) electrons. The third-order valence-corrected chi connectivity index (χ3v) is 3.26. The molecule has 1 aliphatic heterocycles. The van der Waals surface area contributed by atoms with Gasteiger partial charge in [0, 0.05) is 20.5 Å². The molecule has 1 rings (SSSR count). The first kappa shape index (κ1) is 15.0. The monoisotopic (exact) mass is 256 g/mol. The van der Waals surface area contributed by atoms with Crippen molar-refractivity contribution in [2.45, 2.75) is 38.6 Å². The summed E-state index contributed by atoms with van der Waals surface area (Å²) in [7, 11) is 3.53. The molecule has 1 amide bonds. The maximum Gasteiger partial charge on any atom is 0.323 e. The summed E-state index contributed by atoms with van der Waals surface area (Å²) in [5.74, 6) is 0.0239. The van der Waals surface area contributed by atoms with Gasteiger partial charge in [0.1, 0.15) is 6.04 Å². The van der Waals surface area contributed by atoms with Gasteiger partial charge < -0.3 is 9.64 Å². The number of rotatable bonds is 6. The van der Waals surface area contributed by atoms with Crippen molar-refractivity contribution < 1.29 is 14.3 Å². The van der Waals surface area contributed by atoms with Crippen molar-refractivity contribution in [1.29, 1.82) is 0 Å². The van der Waals surface area contributed by atoms with Gasteiger partial charge in [-0.1, -0.05) is 0 Å². The summed E-state index contributed by atoms with van der Waals surface area (Å²) in [6.45, 7) is 3.98. The van der Waals surface area contributed by atoms with Crippen molar-refractivity contribution in [2.24, 2.45) is 0 Å². The highest BCUT2D eigenvalue weighted by molar-refractivity contribution is 5.76. The zero-order valence-electron chi connectivity index (χ0n) is 11.6. The molecular weight excluding hydrogens is 232 g/mol. The Balaban J connectivity index is 2.32. The number of esters is 1. The number of nitrogens with zero attached hydrogens (tertiary/aromatic N) is 2. The summed E-state index contributed by atoms with van der Waals surface area (Å²) in [6.07, 6.45) is 3.25. The van der Waals surface area contributed by atoms with Gasteiger partial charge in [-0.05, 0) is 39.3 Å². The van der Waals surface area contributed by atoms with Gasteiger partial charge in [-0.15, -0.1) is 0 Å². The standard InChI is InChI=1S/C13H24N2O3/c1-4-18-13(17)11-7-5-9-15(11)10-6-8-12(16)14(2)3/h11H,4-10H2,1-3H3. The van der Waals surface area contributed by atoms with Crippen molar-refractivity contribution in [3.05, 3.63) is 0 Å². The lowest BCUT2D eigenvalue weighted by Gasteiger charge is -2.22. The second kappa shape index (κ2) is 7.36. The zero-order valence-corrected chi connectivity index (χ0v) is 11.6. The molecule has 5 nitrogen and oxygen atoms in total. The van der Waals surface area contributed by atoms with E-state index >= 15 is 0 Å². The van der Waals surface area contributed by atoms with Crippen LogP contribution in [0, 0.1) is 0 Å². The first-order valence-electron chi connectivity index (χ1n) is 6.67. The number of amides is 1. The van der Waals surface area contributed by atoms with E-state index in [0.29, 0.717) is 13.0 Å². The summed E-state index contributed by atoms with van der Waals surface area (Å²) >= 11 is 0. The lowest BCUT2D eigenvalue weighted by molar-refractivity contribution is -0.148. The summed E-state index contributed by atoms with van der Waals surface area (Å²) < 4.78 is 5.07. The van der Waals surface area contributed by atoms with Gasteiger partial charge in [0.15, 0.2) is 0 Å². The Hall–Kier alpha value is -1.10. The summed E-state index contributed by atoms with van der Waals surface area (Å²) in [5, 5.41) is 0. The van der Waals surface area contributed by atoms with E-state index in [1.54, 1.807) is 19.0 Å². The van der Waals surface area contributed by atoms with Crippen LogP contribution in [0.25, 0.3) is 0 Å². The lowest BCUT2D eigenvalue weighted by atomic mass is 10.2. The molecule has 18 heavy (non-hydrogen) atoms. The molecule has 0 aromatic heterocycles. The van der Waals surface area contributed by atoms with E-state index in [1.807, 2.05) is 6.92 Å². The van der Waals surface area contributed by atoms with E-state index in [4.69, 9.17) is 4.74 Å². The highest BCUT2D eigenvalue weighted by atomic mass is 16.5. The molecule has 0 aromatic carbocycles. The second-order valence-corrected chi connectivity index (χ2v) is 4.84. The number of hydrogen-bond donors (Lipinski definition) is 0. The summed E-state index contributed by atoms with van der Waals surface area (Å²) in [6, 6.07) is -0.0978. The molecule has 0 saturated carbocycles. The topological polar surface area (TPSA) is 49.9 Å². The Morgan fingerprint density at radius 3 is 2.72 bits per heavy atom. The number of carbonyl (C=O) groups excluding carboxylic acids is 2. The predicted molar refractivity (Wildman–Crippen MR) is 69.2 cm³/mol. The van der Waals surface area contributed by atoms with E-state index in [2.05, 4.69) is 4.90 Å². The quantitative estimate of drug-likeness (QED) is 0.662. The van der Waals surface area contributed by atoms with Crippen LogP contribution in [0.5, 0.6) is 0 Å². The molecule has 1 atom stereocenters. The first-order valence-corrected chi connectivity index (χ1v) is 6.67. The minimum Gasteiger partial charge on any atom is -0.465 e. The molecule has 1 aliphatic rings. The molecule has 0 N–H and O–H groups in total. The smallest absolute Gasteiger partial charge is 0.323 e. The Morgan fingerprint density at radius 2 is 2.11 bits per heavy atom. The molecule has 0 spiro atoms. The van der Waals surface area contributed by atoms with Crippen LogP contribution in [0.1, 0.15) is 32.6 Å². The third-order valence-electron chi connectivity index (χ3n) is 3.26. The van der Waals surface area contributed by atoms with E-state index < -0.39 is 0 Å². The van der Waals surface area contributed by atoms with Gasteiger partial charge in [-0.2, -0.15) is 0 Å². The SMILES string of the molecule is CCOC(=O)C1CCCN1CCCC(=O)N(C)C. The van der Waals surface area contributed by atoms with Crippen molar-refractivity contribution >= 4 is 11.9 Å². The molecule has 1 heterocycles. The molecule has 1 fully saturated rings. The maximum atomic E-state index is 11.7. The van der Waals surface area contributed by atoms with E-state index in [-0.39, 0.29) is 17.9 Å². The van der Waals surface area contributed by atoms with E-state index in [9.17, 15) is 9.59 Å². The highest BCUT2D eigenvalue weighted by Gasteiger charge is 2.31. The molecule has 5 heteroatoms. The van der Waals surface area contributed by atoms with Crippen molar-refractivity contribution in [2.75, 3.05) is 33.8 Å². The minimum absolute atomic E-state index is 0.0978. The Labute approximate surface area is 109 Å². The fraction of sp³-hybridized carbons (Fsp3) is 0.846. The Bertz CT molecular complexity index is 292. The number of hydrogen-bond acceptors (Lipinski definition) is 4. The molecular formula is C13H24N2O3. The first-order chi connectivity index (χ1) is 8.56. The molecule has 104 valence electrons. The van der Waals surface area contributed by atoms with Crippen LogP contribution in [0.15, 0.2) is 0 Å². The minimum atomic E-state index is -0.117. The second-order valence-electron chi connectivity index (χ2n) is 4.84. The van der Waals surface area contributed by atoms with Gasteiger partial charge in [0.2, 0.25) is 5.91 Å². The third kappa shape index (κ3) is 4.29. The van der Waals surface area contributed by atoms with Crippen LogP contribution in [0.3, 0.4) is 0 Å². The number of ether oxygens (including phenoxy) is 1. The van der Waals surface area contributed by atoms with Gasteiger partial charge in [0.25, 0.3) is 0 Å². The van der Waals surface area contributed by atoms with Crippen LogP contribution in [-0.2, 0) is 14.3 Å². The summed E-state index contributed by atoms with van der Waals surface area (Å²) in [5.41, 5.74) is 0. The number of likely N-dealkylation sites (tertiary alicyclic amines) is 1. The highest BCUT2D eigenvalue weighted by Crippen LogP contribution is 2.19. The Kier molecular flexibility index (Phi) is 6.12. The Morgan fingerprint density at radius 1 is 1.39 bits per heavy atom. The fourth-order valence-corrected chi connectivity index (χ4v) is 2.26. The van der Waals surface area contributed by atoms with Crippen molar-refractivity contribution in [1.82, 2.24) is 9.80 Å². The molecule has 0 aliphatic carbocycles. The van der Waals surface area contributed by atoms with Crippen LogP contribution in [0.2, 0.25) is 0 Å². The van der Waals surface area contributed by atoms with Gasteiger partial charge >= 0.3 is 5.97 Å². The molecule has 0 bridgehead atoms.